The van der Waals surface area contributed by atoms with E-state index in [0.29, 0.717) is 17.1 Å². The minimum atomic E-state index is -0.330. The van der Waals surface area contributed by atoms with E-state index < -0.39 is 0 Å². The Morgan fingerprint density at radius 3 is 2.65 bits per heavy atom. The molecule has 0 atom stereocenters. The molecule has 0 amide bonds. The summed E-state index contributed by atoms with van der Waals surface area (Å²) in [6.07, 6.45) is 16.4. The number of pyridine rings is 2. The van der Waals surface area contributed by atoms with Crippen molar-refractivity contribution in [2.75, 3.05) is 0 Å². The van der Waals surface area contributed by atoms with Gasteiger partial charge in [0.05, 0.1) is 17.1 Å². The standard InChI is InChI=1S/C27H24FN3/c1-18-9-5-6-10-22(20(3)17-18)13-12-19(2)27-26(24-15-14-23(28)21(4)29-24)30-25-11-7-8-16-31(25)27/h5-17H,2H2,1,3-4H3/b6-5+,9-5?,10-6?,13-12-,18-9+,18-17?,20-17-,22-10+,22-20?. The van der Waals surface area contributed by atoms with Gasteiger partial charge in [-0.1, -0.05) is 60.8 Å². The van der Waals surface area contributed by atoms with Crippen LogP contribution >= 0.6 is 0 Å². The van der Waals surface area contributed by atoms with Crippen molar-refractivity contribution in [3.05, 3.63) is 120 Å². The van der Waals surface area contributed by atoms with Crippen molar-refractivity contribution >= 4 is 11.2 Å². The summed E-state index contributed by atoms with van der Waals surface area (Å²) in [5.41, 5.74) is 7.56. The molecular formula is C27H24FN3. The molecule has 3 heterocycles. The molecule has 0 saturated carbocycles. The van der Waals surface area contributed by atoms with E-state index in [-0.39, 0.29) is 5.82 Å². The van der Waals surface area contributed by atoms with Gasteiger partial charge in [0.1, 0.15) is 17.2 Å². The molecule has 0 saturated heterocycles. The minimum Gasteiger partial charge on any atom is -0.299 e. The number of allylic oxidation sites excluding steroid dienone is 11. The maximum absolute atomic E-state index is 13.8. The molecule has 0 bridgehead atoms. The number of fused-ring (bicyclic) bond motifs is 1. The van der Waals surface area contributed by atoms with Crippen LogP contribution in [0.4, 0.5) is 4.39 Å². The molecular weight excluding hydrogens is 385 g/mol. The Labute approximate surface area is 182 Å². The first-order valence-corrected chi connectivity index (χ1v) is 10.2. The fraction of sp³-hybridized carbons (Fsp3) is 0.111. The van der Waals surface area contributed by atoms with E-state index in [1.165, 1.54) is 17.2 Å². The van der Waals surface area contributed by atoms with Gasteiger partial charge in [-0.05, 0) is 61.8 Å². The smallest absolute Gasteiger partial charge is 0.144 e. The van der Waals surface area contributed by atoms with Crippen LogP contribution in [0.15, 0.2) is 102 Å². The molecule has 3 aromatic heterocycles. The van der Waals surface area contributed by atoms with Crippen molar-refractivity contribution in [3.8, 4) is 11.4 Å². The molecule has 0 radical (unpaired) electrons. The van der Waals surface area contributed by atoms with Crippen LogP contribution in [0.1, 0.15) is 25.2 Å². The summed E-state index contributed by atoms with van der Waals surface area (Å²) < 4.78 is 15.8. The summed E-state index contributed by atoms with van der Waals surface area (Å²) in [6, 6.07) is 8.92. The van der Waals surface area contributed by atoms with Gasteiger partial charge in [0.25, 0.3) is 0 Å². The third-order valence-corrected chi connectivity index (χ3v) is 5.21. The molecule has 0 spiro atoms. The first-order chi connectivity index (χ1) is 14.9. The summed E-state index contributed by atoms with van der Waals surface area (Å²) in [7, 11) is 0. The Balaban J connectivity index is 1.78. The number of aryl methyl sites for hydroxylation is 1. The molecule has 154 valence electrons. The molecule has 3 nitrogen and oxygen atoms in total. The molecule has 0 aliphatic heterocycles. The van der Waals surface area contributed by atoms with Gasteiger partial charge < -0.3 is 0 Å². The normalized spacial score (nSPS) is 20.3. The lowest BCUT2D eigenvalue weighted by molar-refractivity contribution is 0.610. The van der Waals surface area contributed by atoms with Gasteiger partial charge in [0.2, 0.25) is 0 Å². The van der Waals surface area contributed by atoms with E-state index in [1.54, 1.807) is 13.0 Å². The van der Waals surface area contributed by atoms with Gasteiger partial charge in [-0.3, -0.25) is 4.40 Å². The summed E-state index contributed by atoms with van der Waals surface area (Å²) >= 11 is 0. The number of imidazole rings is 1. The molecule has 3 aromatic rings. The van der Waals surface area contributed by atoms with E-state index in [1.807, 2.05) is 47.0 Å². The predicted octanol–water partition coefficient (Wildman–Crippen LogP) is 6.80. The van der Waals surface area contributed by atoms with Gasteiger partial charge in [0, 0.05) is 6.20 Å². The van der Waals surface area contributed by atoms with E-state index in [0.717, 1.165) is 22.5 Å². The number of nitrogens with zero attached hydrogens (tertiary/aromatic N) is 3. The summed E-state index contributed by atoms with van der Waals surface area (Å²) in [6.45, 7) is 10.2. The number of rotatable bonds is 4. The average molecular weight is 410 g/mol. The van der Waals surface area contributed by atoms with Gasteiger partial charge in [0.15, 0.2) is 0 Å². The third-order valence-electron chi connectivity index (χ3n) is 5.21. The van der Waals surface area contributed by atoms with Crippen LogP contribution in [-0.2, 0) is 0 Å². The van der Waals surface area contributed by atoms with E-state index in [2.05, 4.69) is 49.7 Å². The van der Waals surface area contributed by atoms with Crippen molar-refractivity contribution in [2.24, 2.45) is 0 Å². The Kier molecular flexibility index (Phi) is 5.63. The molecule has 4 rings (SSSR count). The quantitative estimate of drug-likeness (QED) is 0.444. The first kappa shape index (κ1) is 20.5. The van der Waals surface area contributed by atoms with Crippen LogP contribution in [0, 0.1) is 12.7 Å². The van der Waals surface area contributed by atoms with Crippen molar-refractivity contribution in [3.63, 3.8) is 0 Å². The highest BCUT2D eigenvalue weighted by Gasteiger charge is 2.17. The average Bonchev–Trinajstić information content (AvgIpc) is 3.13. The Morgan fingerprint density at radius 2 is 1.84 bits per heavy atom. The highest BCUT2D eigenvalue weighted by atomic mass is 19.1. The van der Waals surface area contributed by atoms with E-state index in [4.69, 9.17) is 4.98 Å². The van der Waals surface area contributed by atoms with Crippen molar-refractivity contribution in [1.82, 2.24) is 14.4 Å². The zero-order chi connectivity index (χ0) is 22.0. The summed E-state index contributed by atoms with van der Waals surface area (Å²) in [5.74, 6) is -0.330. The van der Waals surface area contributed by atoms with Crippen molar-refractivity contribution in [1.29, 1.82) is 0 Å². The second-order valence-electron chi connectivity index (χ2n) is 7.61. The largest absolute Gasteiger partial charge is 0.299 e. The SMILES string of the molecule is C=C(/C=C\C1=C/C=C/C=C(C)/C=C1/C)c1c(-c2ccc(F)c(C)n2)nc2ccccn12. The molecule has 1 aliphatic carbocycles. The van der Waals surface area contributed by atoms with Gasteiger partial charge >= 0.3 is 0 Å². The third kappa shape index (κ3) is 4.24. The number of aromatic nitrogens is 3. The van der Waals surface area contributed by atoms with Crippen LogP contribution < -0.4 is 0 Å². The lowest BCUT2D eigenvalue weighted by Crippen LogP contribution is -1.96. The molecule has 31 heavy (non-hydrogen) atoms. The molecule has 0 unspecified atom stereocenters. The molecule has 4 heteroatoms. The lowest BCUT2D eigenvalue weighted by Gasteiger charge is -2.08. The van der Waals surface area contributed by atoms with Crippen LogP contribution in [0.25, 0.3) is 22.6 Å². The predicted molar refractivity (Wildman–Crippen MR) is 126 cm³/mol. The molecule has 1 aliphatic rings. The van der Waals surface area contributed by atoms with E-state index >= 15 is 0 Å². The number of hydrogen-bond donors (Lipinski definition) is 0. The fourth-order valence-electron chi connectivity index (χ4n) is 3.58. The summed E-state index contributed by atoms with van der Waals surface area (Å²) in [5, 5.41) is 0. The molecule has 0 N–H and O–H groups in total. The zero-order valence-corrected chi connectivity index (χ0v) is 17.9. The number of hydrogen-bond acceptors (Lipinski definition) is 2. The van der Waals surface area contributed by atoms with Crippen molar-refractivity contribution < 1.29 is 4.39 Å². The monoisotopic (exact) mass is 409 g/mol. The maximum Gasteiger partial charge on any atom is 0.144 e. The highest BCUT2D eigenvalue weighted by Crippen LogP contribution is 2.30. The summed E-state index contributed by atoms with van der Waals surface area (Å²) in [4.78, 5) is 9.18. The van der Waals surface area contributed by atoms with Crippen LogP contribution in [0.5, 0.6) is 0 Å². The number of halogens is 1. The highest BCUT2D eigenvalue weighted by molar-refractivity contribution is 5.82. The Hall–Kier alpha value is -3.79. The second-order valence-corrected chi connectivity index (χ2v) is 7.61. The van der Waals surface area contributed by atoms with Crippen LogP contribution in [0.2, 0.25) is 0 Å². The second kappa shape index (κ2) is 8.52. The van der Waals surface area contributed by atoms with Crippen LogP contribution in [-0.4, -0.2) is 14.4 Å². The minimum absolute atomic E-state index is 0.330. The Bertz CT molecular complexity index is 1330. The van der Waals surface area contributed by atoms with Crippen LogP contribution in [0.3, 0.4) is 0 Å². The maximum atomic E-state index is 13.8. The molecule has 0 fully saturated rings. The topological polar surface area (TPSA) is 30.2 Å². The van der Waals surface area contributed by atoms with Crippen molar-refractivity contribution in [2.45, 2.75) is 20.8 Å². The Morgan fingerprint density at radius 1 is 1.03 bits per heavy atom. The zero-order valence-electron chi connectivity index (χ0n) is 17.9. The first-order valence-electron chi connectivity index (χ1n) is 10.2. The van der Waals surface area contributed by atoms with Gasteiger partial charge in [-0.15, -0.1) is 0 Å². The van der Waals surface area contributed by atoms with Gasteiger partial charge in [-0.2, -0.15) is 0 Å². The van der Waals surface area contributed by atoms with E-state index in [9.17, 15) is 4.39 Å². The fourth-order valence-corrected chi connectivity index (χ4v) is 3.58. The lowest BCUT2D eigenvalue weighted by atomic mass is 10.0. The van der Waals surface area contributed by atoms with Gasteiger partial charge in [-0.25, -0.2) is 14.4 Å². The molecule has 0 aromatic carbocycles.